The molecule has 1 aromatic heterocycles. The van der Waals surface area contributed by atoms with Crippen LogP contribution in [0.5, 0.6) is 5.75 Å². The van der Waals surface area contributed by atoms with Crippen molar-refractivity contribution in [2.24, 2.45) is 0 Å². The number of hydrogen-bond donors (Lipinski definition) is 1. The van der Waals surface area contributed by atoms with Crippen LogP contribution in [0, 0.1) is 5.82 Å². The zero-order valence-electron chi connectivity index (χ0n) is 11.0. The van der Waals surface area contributed by atoms with Gasteiger partial charge in [0.2, 0.25) is 5.95 Å². The highest BCUT2D eigenvalue weighted by molar-refractivity contribution is 5.80. The van der Waals surface area contributed by atoms with E-state index in [1.54, 1.807) is 6.07 Å². The van der Waals surface area contributed by atoms with Gasteiger partial charge in [-0.05, 0) is 12.8 Å². The molecule has 4 nitrogen and oxygen atoms in total. The van der Waals surface area contributed by atoms with E-state index in [0.717, 1.165) is 18.4 Å². The predicted octanol–water partition coefficient (Wildman–Crippen LogP) is 3.27. The van der Waals surface area contributed by atoms with E-state index in [1.807, 2.05) is 4.57 Å². The van der Waals surface area contributed by atoms with Gasteiger partial charge in [-0.3, -0.25) is 0 Å². The van der Waals surface area contributed by atoms with E-state index in [4.69, 9.17) is 10.5 Å². The minimum absolute atomic E-state index is 0.240. The number of imidazole rings is 1. The van der Waals surface area contributed by atoms with Crippen molar-refractivity contribution in [1.29, 1.82) is 0 Å². The molecule has 1 saturated carbocycles. The number of nitrogens with zero attached hydrogens (tertiary/aromatic N) is 2. The van der Waals surface area contributed by atoms with Gasteiger partial charge >= 0.3 is 0 Å². The van der Waals surface area contributed by atoms with E-state index in [-0.39, 0.29) is 5.75 Å². The number of fused-ring (bicyclic) bond motifs is 1. The molecule has 0 amide bonds. The number of nitrogen functional groups attached to an aromatic ring is 1. The highest BCUT2D eigenvalue weighted by Gasteiger charge is 2.21. The van der Waals surface area contributed by atoms with Gasteiger partial charge in [-0.2, -0.15) is 0 Å². The summed E-state index contributed by atoms with van der Waals surface area (Å²) >= 11 is 0. The van der Waals surface area contributed by atoms with Gasteiger partial charge in [0.15, 0.2) is 11.6 Å². The van der Waals surface area contributed by atoms with E-state index in [9.17, 15) is 4.39 Å². The second kappa shape index (κ2) is 4.72. The Bertz CT molecular complexity index is 602. The van der Waals surface area contributed by atoms with Crippen molar-refractivity contribution in [3.63, 3.8) is 0 Å². The Morgan fingerprint density at radius 2 is 2.05 bits per heavy atom. The summed E-state index contributed by atoms with van der Waals surface area (Å²) in [6.45, 7) is 0. The van der Waals surface area contributed by atoms with E-state index >= 15 is 0 Å². The lowest BCUT2D eigenvalue weighted by atomic mass is 9.95. The lowest BCUT2D eigenvalue weighted by molar-refractivity contribution is 0.362. The summed E-state index contributed by atoms with van der Waals surface area (Å²) in [6, 6.07) is 3.46. The van der Waals surface area contributed by atoms with Crippen molar-refractivity contribution < 1.29 is 9.13 Å². The average molecular weight is 263 g/mol. The number of rotatable bonds is 2. The van der Waals surface area contributed by atoms with Crippen molar-refractivity contribution >= 4 is 17.0 Å². The van der Waals surface area contributed by atoms with E-state index in [1.165, 1.54) is 32.4 Å². The summed E-state index contributed by atoms with van der Waals surface area (Å²) in [7, 11) is 1.47. The molecular weight excluding hydrogens is 245 g/mol. The molecule has 1 heterocycles. The molecule has 1 fully saturated rings. The van der Waals surface area contributed by atoms with Crippen molar-refractivity contribution in [2.45, 2.75) is 38.1 Å². The summed E-state index contributed by atoms with van der Waals surface area (Å²) in [6.07, 6.45) is 5.91. The molecule has 102 valence electrons. The number of anilines is 1. The van der Waals surface area contributed by atoms with Crippen molar-refractivity contribution in [3.05, 3.63) is 17.9 Å². The first-order valence-electron chi connectivity index (χ1n) is 6.71. The molecule has 3 rings (SSSR count). The van der Waals surface area contributed by atoms with Gasteiger partial charge in [0.25, 0.3) is 0 Å². The molecule has 5 heteroatoms. The lowest BCUT2D eigenvalue weighted by Crippen LogP contribution is -2.14. The van der Waals surface area contributed by atoms with Crippen LogP contribution in [-0.4, -0.2) is 16.7 Å². The Morgan fingerprint density at radius 3 is 2.74 bits per heavy atom. The Kier molecular flexibility index (Phi) is 3.05. The van der Waals surface area contributed by atoms with E-state index in [2.05, 4.69) is 4.98 Å². The largest absolute Gasteiger partial charge is 0.494 e. The highest BCUT2D eigenvalue weighted by atomic mass is 19.1. The molecule has 0 spiro atoms. The molecule has 0 atom stereocenters. The van der Waals surface area contributed by atoms with Crippen LogP contribution in [0.2, 0.25) is 0 Å². The topological polar surface area (TPSA) is 53.1 Å². The summed E-state index contributed by atoms with van der Waals surface area (Å²) in [4.78, 5) is 4.27. The summed E-state index contributed by atoms with van der Waals surface area (Å²) in [5, 5.41) is 0. The van der Waals surface area contributed by atoms with Gasteiger partial charge in [-0.15, -0.1) is 0 Å². The minimum atomic E-state index is -0.400. The number of ether oxygens (including phenoxy) is 1. The third-order valence-corrected chi connectivity index (χ3v) is 3.93. The molecule has 0 aliphatic heterocycles. The van der Waals surface area contributed by atoms with Gasteiger partial charge < -0.3 is 15.0 Å². The van der Waals surface area contributed by atoms with Gasteiger partial charge in [0.05, 0.1) is 18.1 Å². The zero-order valence-corrected chi connectivity index (χ0v) is 11.0. The lowest BCUT2D eigenvalue weighted by Gasteiger charge is -2.24. The fourth-order valence-electron chi connectivity index (χ4n) is 2.99. The summed E-state index contributed by atoms with van der Waals surface area (Å²) in [5.41, 5.74) is 7.48. The Balaban J connectivity index is 2.14. The SMILES string of the molecule is COc1cc2c(cc1F)nc(N)n2C1CCCCC1. The smallest absolute Gasteiger partial charge is 0.201 e. The molecule has 2 N–H and O–H groups in total. The number of aromatic nitrogens is 2. The Morgan fingerprint density at radius 1 is 1.32 bits per heavy atom. The maximum Gasteiger partial charge on any atom is 0.201 e. The van der Waals surface area contributed by atoms with E-state index in [0.29, 0.717) is 17.5 Å². The molecule has 0 bridgehead atoms. The monoisotopic (exact) mass is 263 g/mol. The molecular formula is C14H18FN3O. The average Bonchev–Trinajstić information content (AvgIpc) is 2.73. The molecule has 1 aliphatic rings. The Hall–Kier alpha value is -1.78. The maximum atomic E-state index is 13.7. The van der Waals surface area contributed by atoms with Crippen LogP contribution in [0.4, 0.5) is 10.3 Å². The van der Waals surface area contributed by atoms with Crippen LogP contribution in [0.1, 0.15) is 38.1 Å². The van der Waals surface area contributed by atoms with Crippen LogP contribution in [0.3, 0.4) is 0 Å². The standard InChI is InChI=1S/C14H18FN3O/c1-19-13-8-12-11(7-10(13)15)17-14(16)18(12)9-5-3-2-4-6-9/h7-9H,2-6H2,1H3,(H2,16,17). The second-order valence-electron chi connectivity index (χ2n) is 5.11. The number of nitrogens with two attached hydrogens (primary N) is 1. The van der Waals surface area contributed by atoms with Crippen molar-refractivity contribution in [1.82, 2.24) is 9.55 Å². The van der Waals surface area contributed by atoms with Crippen molar-refractivity contribution in [3.8, 4) is 5.75 Å². The summed E-state index contributed by atoms with van der Waals surface area (Å²) < 4.78 is 20.8. The first-order chi connectivity index (χ1) is 9.20. The van der Waals surface area contributed by atoms with Gasteiger partial charge in [0, 0.05) is 18.2 Å². The fourth-order valence-corrected chi connectivity index (χ4v) is 2.99. The number of methoxy groups -OCH3 is 1. The third-order valence-electron chi connectivity index (χ3n) is 3.93. The molecule has 1 aromatic carbocycles. The predicted molar refractivity (Wildman–Crippen MR) is 72.8 cm³/mol. The van der Waals surface area contributed by atoms with Gasteiger partial charge in [0.1, 0.15) is 0 Å². The van der Waals surface area contributed by atoms with Crippen molar-refractivity contribution in [2.75, 3.05) is 12.8 Å². The zero-order chi connectivity index (χ0) is 13.4. The molecule has 2 aromatic rings. The Labute approximate surface area is 111 Å². The molecule has 0 unspecified atom stereocenters. The van der Waals surface area contributed by atoms with Crippen LogP contribution in [0.15, 0.2) is 12.1 Å². The summed E-state index contributed by atoms with van der Waals surface area (Å²) in [5.74, 6) is 0.308. The first kappa shape index (κ1) is 12.3. The highest BCUT2D eigenvalue weighted by Crippen LogP contribution is 2.35. The van der Waals surface area contributed by atoms with E-state index < -0.39 is 5.82 Å². The normalized spacial score (nSPS) is 16.9. The van der Waals surface area contributed by atoms with Gasteiger partial charge in [-0.1, -0.05) is 19.3 Å². The minimum Gasteiger partial charge on any atom is -0.494 e. The molecule has 19 heavy (non-hydrogen) atoms. The second-order valence-corrected chi connectivity index (χ2v) is 5.11. The molecule has 0 saturated heterocycles. The van der Waals surface area contributed by atoms with Crippen LogP contribution in [-0.2, 0) is 0 Å². The molecule has 1 aliphatic carbocycles. The van der Waals surface area contributed by atoms with Crippen LogP contribution >= 0.6 is 0 Å². The number of benzene rings is 1. The van der Waals surface area contributed by atoms with Crippen LogP contribution in [0.25, 0.3) is 11.0 Å². The number of halogens is 1. The third kappa shape index (κ3) is 2.03. The fraction of sp³-hybridized carbons (Fsp3) is 0.500. The maximum absolute atomic E-state index is 13.7. The quantitative estimate of drug-likeness (QED) is 0.904. The van der Waals surface area contributed by atoms with Gasteiger partial charge in [-0.25, -0.2) is 9.37 Å². The molecule has 0 radical (unpaired) electrons. The first-order valence-corrected chi connectivity index (χ1v) is 6.71. The van der Waals surface area contributed by atoms with Crippen LogP contribution < -0.4 is 10.5 Å². The number of hydrogen-bond acceptors (Lipinski definition) is 3.